The average Bonchev–Trinajstić information content (AvgIpc) is 3.43. The summed E-state index contributed by atoms with van der Waals surface area (Å²) in [6.07, 6.45) is 6.10. The Morgan fingerprint density at radius 3 is 2.81 bits per heavy atom. The van der Waals surface area contributed by atoms with Crippen molar-refractivity contribution in [2.75, 3.05) is 51.3 Å². The number of piperazine rings is 1. The normalized spacial score (nSPS) is 20.5. The Balaban J connectivity index is 1.35. The third-order valence-corrected chi connectivity index (χ3v) is 8.68. The molecule has 0 aliphatic carbocycles. The molecule has 1 aromatic heterocycles. The first kappa shape index (κ1) is 28.0. The van der Waals surface area contributed by atoms with E-state index in [0.29, 0.717) is 61.2 Å². The fourth-order valence-electron chi connectivity index (χ4n) is 6.11. The predicted molar refractivity (Wildman–Crippen MR) is 164 cm³/mol. The van der Waals surface area contributed by atoms with Crippen LogP contribution in [0.15, 0.2) is 55.1 Å². The number of carbonyl (C=O) groups excluding carboxylic acids is 1. The van der Waals surface area contributed by atoms with Crippen molar-refractivity contribution < 1.29 is 14.3 Å². The van der Waals surface area contributed by atoms with E-state index in [4.69, 9.17) is 37.6 Å². The molecule has 2 aromatic carbocycles. The molecular formula is C32H33ClN6O3. The summed E-state index contributed by atoms with van der Waals surface area (Å²) in [6, 6.07) is 12.2. The molecule has 2 atom stereocenters. The second-order valence-corrected chi connectivity index (χ2v) is 11.3. The topological polar surface area (TPSA) is 75.4 Å². The number of fused-ring (bicyclic) bond motifs is 2. The highest BCUT2D eigenvalue weighted by atomic mass is 35.5. The number of nitrogens with zero attached hydrogens (tertiary/aromatic N) is 6. The Bertz CT molecular complexity index is 1600. The van der Waals surface area contributed by atoms with Crippen molar-refractivity contribution in [1.82, 2.24) is 19.8 Å². The predicted octanol–water partition coefficient (Wildman–Crippen LogP) is 4.85. The van der Waals surface area contributed by atoms with Gasteiger partial charge in [-0.25, -0.2) is 6.57 Å². The Morgan fingerprint density at radius 1 is 1.21 bits per heavy atom. The highest BCUT2D eigenvalue weighted by molar-refractivity contribution is 6.36. The van der Waals surface area contributed by atoms with Crippen molar-refractivity contribution in [3.63, 3.8) is 0 Å². The van der Waals surface area contributed by atoms with E-state index in [9.17, 15) is 4.79 Å². The SMILES string of the molecule is [C-]#[N+]C[C@H]1CN(c2nc(OC[C@@H]3CCCN3C)nc3c2CC=C(c2cccc4cccc(Cl)c24)O3)CCN1C(=O)C=C. The summed E-state index contributed by atoms with van der Waals surface area (Å²) in [6.45, 7) is 14.3. The van der Waals surface area contributed by atoms with Crippen molar-refractivity contribution in [2.24, 2.45) is 0 Å². The lowest BCUT2D eigenvalue weighted by Gasteiger charge is -2.40. The van der Waals surface area contributed by atoms with Gasteiger partial charge in [-0.05, 0) is 50.0 Å². The summed E-state index contributed by atoms with van der Waals surface area (Å²) < 4.78 is 12.7. The second-order valence-electron chi connectivity index (χ2n) is 10.9. The molecule has 0 spiro atoms. The standard InChI is InChI=1S/C32H33ClN6O3/c1-4-28(40)39-17-16-38(19-23(39)18-34-2)30-25-13-14-27(24-11-5-8-21-9-6-12-26(33)29(21)24)42-31(25)36-32(35-30)41-20-22-10-7-15-37(22)3/h4-6,8-9,11-12,14,22-23H,1,7,10,13,15-20H2,3H3/t22-,23-/m0/s1. The Morgan fingerprint density at radius 2 is 2.05 bits per heavy atom. The maximum Gasteiger partial charge on any atom is 0.321 e. The molecule has 0 bridgehead atoms. The van der Waals surface area contributed by atoms with Gasteiger partial charge >= 0.3 is 6.01 Å². The van der Waals surface area contributed by atoms with E-state index < -0.39 is 0 Å². The number of hydrogen-bond acceptors (Lipinski definition) is 7. The second kappa shape index (κ2) is 12.0. The lowest BCUT2D eigenvalue weighted by Crippen LogP contribution is -2.56. The van der Waals surface area contributed by atoms with Gasteiger partial charge < -0.3 is 29.0 Å². The van der Waals surface area contributed by atoms with Gasteiger partial charge in [-0.1, -0.05) is 48.5 Å². The molecule has 3 aromatic rings. The number of rotatable bonds is 7. The van der Waals surface area contributed by atoms with E-state index in [1.165, 1.54) is 6.08 Å². The first-order valence-corrected chi connectivity index (χ1v) is 14.7. The molecular weight excluding hydrogens is 552 g/mol. The van der Waals surface area contributed by atoms with Crippen LogP contribution in [-0.2, 0) is 11.2 Å². The molecule has 0 unspecified atom stereocenters. The molecule has 6 rings (SSSR count). The zero-order chi connectivity index (χ0) is 29.2. The monoisotopic (exact) mass is 584 g/mol. The van der Waals surface area contributed by atoms with Crippen LogP contribution >= 0.6 is 11.6 Å². The Kier molecular flexibility index (Phi) is 8.00. The average molecular weight is 585 g/mol. The minimum atomic E-state index is -0.280. The van der Waals surface area contributed by atoms with Gasteiger partial charge in [0.05, 0.1) is 5.56 Å². The highest BCUT2D eigenvalue weighted by Crippen LogP contribution is 2.39. The van der Waals surface area contributed by atoms with Crippen LogP contribution in [0.3, 0.4) is 0 Å². The first-order valence-electron chi connectivity index (χ1n) is 14.3. The van der Waals surface area contributed by atoms with E-state index in [0.717, 1.165) is 41.3 Å². The van der Waals surface area contributed by atoms with Gasteiger partial charge in [-0.3, -0.25) is 4.79 Å². The lowest BCUT2D eigenvalue weighted by molar-refractivity contribution is -0.128. The van der Waals surface area contributed by atoms with Crippen LogP contribution in [0, 0.1) is 6.57 Å². The van der Waals surface area contributed by atoms with E-state index in [1.807, 2.05) is 42.5 Å². The minimum absolute atomic E-state index is 0.164. The summed E-state index contributed by atoms with van der Waals surface area (Å²) in [7, 11) is 2.11. The highest BCUT2D eigenvalue weighted by Gasteiger charge is 2.35. The van der Waals surface area contributed by atoms with Crippen molar-refractivity contribution in [2.45, 2.75) is 31.3 Å². The molecule has 0 N–H and O–H groups in total. The van der Waals surface area contributed by atoms with Crippen LogP contribution in [0.5, 0.6) is 11.9 Å². The lowest BCUT2D eigenvalue weighted by atomic mass is 10.0. The van der Waals surface area contributed by atoms with Crippen molar-refractivity contribution in [3.8, 4) is 11.9 Å². The van der Waals surface area contributed by atoms with Gasteiger partial charge in [0, 0.05) is 48.1 Å². The van der Waals surface area contributed by atoms with Gasteiger partial charge in [0.15, 0.2) is 0 Å². The van der Waals surface area contributed by atoms with Gasteiger partial charge in [0.2, 0.25) is 18.3 Å². The largest absolute Gasteiger partial charge is 0.462 e. The zero-order valence-electron chi connectivity index (χ0n) is 23.6. The van der Waals surface area contributed by atoms with Gasteiger partial charge in [-0.15, -0.1) is 0 Å². The number of benzene rings is 2. The summed E-state index contributed by atoms with van der Waals surface area (Å²) in [5.41, 5.74) is 1.74. The molecule has 1 amide bonds. The molecule has 0 saturated carbocycles. The van der Waals surface area contributed by atoms with Crippen molar-refractivity contribution in [3.05, 3.63) is 82.7 Å². The van der Waals surface area contributed by atoms with Crippen LogP contribution in [-0.4, -0.2) is 84.1 Å². The first-order chi connectivity index (χ1) is 20.5. The molecule has 42 heavy (non-hydrogen) atoms. The third kappa shape index (κ3) is 5.40. The minimum Gasteiger partial charge on any atom is -0.462 e. The van der Waals surface area contributed by atoms with Crippen molar-refractivity contribution >= 4 is 39.9 Å². The van der Waals surface area contributed by atoms with E-state index >= 15 is 0 Å². The molecule has 9 nitrogen and oxygen atoms in total. The number of allylic oxidation sites excluding steroid dienone is 1. The van der Waals surface area contributed by atoms with E-state index in [2.05, 4.69) is 28.3 Å². The van der Waals surface area contributed by atoms with Gasteiger partial charge in [0.1, 0.15) is 24.2 Å². The summed E-state index contributed by atoms with van der Waals surface area (Å²) in [5.74, 6) is 1.67. The third-order valence-electron chi connectivity index (χ3n) is 8.36. The van der Waals surface area contributed by atoms with Crippen LogP contribution < -0.4 is 14.4 Å². The molecule has 4 heterocycles. The fraction of sp³-hybridized carbons (Fsp3) is 0.375. The molecule has 216 valence electrons. The summed E-state index contributed by atoms with van der Waals surface area (Å²) in [4.78, 5) is 31.9. The molecule has 2 saturated heterocycles. The number of aromatic nitrogens is 2. The number of likely N-dealkylation sites (N-methyl/N-ethyl adjacent to an activating group) is 1. The number of amides is 1. The molecule has 2 fully saturated rings. The number of ether oxygens (including phenoxy) is 2. The molecule has 10 heteroatoms. The van der Waals surface area contributed by atoms with Gasteiger partial charge in [0.25, 0.3) is 0 Å². The number of anilines is 1. The Hall–Kier alpha value is -4.13. The molecule has 3 aliphatic heterocycles. The number of halogens is 1. The molecule has 3 aliphatic rings. The van der Waals surface area contributed by atoms with Crippen LogP contribution in [0.1, 0.15) is 24.0 Å². The smallest absolute Gasteiger partial charge is 0.321 e. The van der Waals surface area contributed by atoms with Crippen molar-refractivity contribution in [1.29, 1.82) is 0 Å². The maximum atomic E-state index is 12.5. The quantitative estimate of drug-likeness (QED) is 0.290. The summed E-state index contributed by atoms with van der Waals surface area (Å²) in [5, 5.41) is 2.61. The Labute approximate surface area is 250 Å². The summed E-state index contributed by atoms with van der Waals surface area (Å²) >= 11 is 6.64. The zero-order valence-corrected chi connectivity index (χ0v) is 24.4. The number of likely N-dealkylation sites (tertiary alicyclic amines) is 1. The maximum absolute atomic E-state index is 12.5. The van der Waals surface area contributed by atoms with E-state index in [1.54, 1.807) is 4.90 Å². The number of carbonyl (C=O) groups is 1. The molecule has 0 radical (unpaired) electrons. The van der Waals surface area contributed by atoms with Crippen LogP contribution in [0.4, 0.5) is 5.82 Å². The fourth-order valence-corrected chi connectivity index (χ4v) is 6.39. The van der Waals surface area contributed by atoms with Crippen LogP contribution in [0.25, 0.3) is 21.4 Å². The number of hydrogen-bond donors (Lipinski definition) is 0. The van der Waals surface area contributed by atoms with E-state index in [-0.39, 0.29) is 24.5 Å². The van der Waals surface area contributed by atoms with Crippen LogP contribution in [0.2, 0.25) is 5.02 Å². The van der Waals surface area contributed by atoms with Gasteiger partial charge in [-0.2, -0.15) is 9.97 Å².